The molecule has 182 valence electrons. The van der Waals surface area contributed by atoms with Gasteiger partial charge in [-0.25, -0.2) is 9.97 Å². The van der Waals surface area contributed by atoms with Crippen molar-refractivity contribution in [2.45, 2.75) is 6.42 Å². The Hall–Kier alpha value is -5.29. The Kier molecular flexibility index (Phi) is 4.05. The van der Waals surface area contributed by atoms with Crippen molar-refractivity contribution in [3.63, 3.8) is 0 Å². The molecule has 8 aromatic rings. The van der Waals surface area contributed by atoms with Gasteiger partial charge in [-0.2, -0.15) is 0 Å². The Balaban J connectivity index is 1.46. The third-order valence-corrected chi connectivity index (χ3v) is 7.99. The molecule has 0 aliphatic carbocycles. The van der Waals surface area contributed by atoms with Crippen molar-refractivity contribution >= 4 is 66.3 Å². The van der Waals surface area contributed by atoms with Crippen LogP contribution in [0.5, 0.6) is 0 Å². The molecule has 39 heavy (non-hydrogen) atoms. The lowest BCUT2D eigenvalue weighted by Crippen LogP contribution is -2.03. The molecule has 0 N–H and O–H groups in total. The highest BCUT2D eigenvalue weighted by Crippen LogP contribution is 2.40. The Morgan fingerprint density at radius 1 is 0.564 bits per heavy atom. The lowest BCUT2D eigenvalue weighted by Gasteiger charge is -2.10. The highest BCUT2D eigenvalue weighted by atomic mass is 15.2. The van der Waals surface area contributed by atoms with E-state index in [-0.39, 0.29) is 0 Å². The Bertz CT molecular complexity index is 2300. The van der Waals surface area contributed by atoms with Gasteiger partial charge in [0.2, 0.25) is 5.95 Å². The average Bonchev–Trinajstić information content (AvgIpc) is 3.67. The molecule has 0 unspecified atom stereocenters. The first-order valence-electron chi connectivity index (χ1n) is 13.2. The molecule has 1 aliphatic rings. The Morgan fingerprint density at radius 3 is 2.15 bits per heavy atom. The number of para-hydroxylation sites is 2. The summed E-state index contributed by atoms with van der Waals surface area (Å²) in [4.78, 5) is 14.1. The number of rotatable bonds is 2. The first kappa shape index (κ1) is 20.7. The van der Waals surface area contributed by atoms with Gasteiger partial charge < -0.3 is 4.57 Å². The van der Waals surface area contributed by atoms with Crippen LogP contribution in [0.25, 0.3) is 66.0 Å². The zero-order valence-corrected chi connectivity index (χ0v) is 20.9. The third-order valence-electron chi connectivity index (χ3n) is 7.99. The smallest absolute Gasteiger partial charge is 0.234 e. The van der Waals surface area contributed by atoms with E-state index in [1.165, 1.54) is 37.8 Å². The summed E-state index contributed by atoms with van der Waals surface area (Å²) < 4.78 is 4.59. The molecule has 0 saturated carbocycles. The van der Waals surface area contributed by atoms with Gasteiger partial charge in [-0.3, -0.25) is 9.56 Å². The minimum Gasteiger partial charge on any atom is -0.309 e. The summed E-state index contributed by atoms with van der Waals surface area (Å²) in [5, 5.41) is 7.34. The van der Waals surface area contributed by atoms with E-state index in [9.17, 15) is 0 Å². The summed E-state index contributed by atoms with van der Waals surface area (Å²) in [5.41, 5.74) is 7.51. The molecule has 0 fully saturated rings. The van der Waals surface area contributed by atoms with Crippen LogP contribution in [0.2, 0.25) is 0 Å². The molecule has 0 radical (unpaired) electrons. The monoisotopic (exact) mass is 499 g/mol. The van der Waals surface area contributed by atoms with E-state index in [2.05, 4.69) is 117 Å². The van der Waals surface area contributed by atoms with Crippen molar-refractivity contribution in [2.75, 3.05) is 0 Å². The number of aromatic nitrogens is 4. The number of nitrogens with zero attached hydrogens (tertiary/aromatic N) is 5. The van der Waals surface area contributed by atoms with E-state index >= 15 is 0 Å². The quantitative estimate of drug-likeness (QED) is 0.241. The van der Waals surface area contributed by atoms with E-state index < -0.39 is 0 Å². The highest BCUT2D eigenvalue weighted by Gasteiger charge is 2.20. The van der Waals surface area contributed by atoms with Gasteiger partial charge in [-0.1, -0.05) is 60.7 Å². The molecule has 0 bridgehead atoms. The van der Waals surface area contributed by atoms with Gasteiger partial charge in [0.1, 0.15) is 5.69 Å². The Morgan fingerprint density at radius 2 is 1.26 bits per heavy atom. The number of hydrogen-bond acceptors (Lipinski definition) is 3. The second-order valence-electron chi connectivity index (χ2n) is 10.1. The van der Waals surface area contributed by atoms with Gasteiger partial charge in [0.05, 0.1) is 34.0 Å². The molecule has 1 aliphatic heterocycles. The molecule has 3 aromatic heterocycles. The maximum atomic E-state index is 4.96. The van der Waals surface area contributed by atoms with Crippen LogP contribution in [-0.4, -0.2) is 25.3 Å². The van der Waals surface area contributed by atoms with Gasteiger partial charge in [0, 0.05) is 39.9 Å². The fraction of sp³-hybridized carbons (Fsp3) is 0.0294. The van der Waals surface area contributed by atoms with Gasteiger partial charge in [-0.15, -0.1) is 0 Å². The SMILES string of the molecule is C1=Nc2cnc(-n3c4ccccc4c4cc5c6cc7ccccc7cc6n(-c6ccccc6)c5cc43)nc2C1. The predicted octanol–water partition coefficient (Wildman–Crippen LogP) is 8.08. The van der Waals surface area contributed by atoms with E-state index in [1.54, 1.807) is 0 Å². The molecule has 4 heterocycles. The predicted molar refractivity (Wildman–Crippen MR) is 160 cm³/mol. The number of benzene rings is 5. The average molecular weight is 500 g/mol. The van der Waals surface area contributed by atoms with E-state index in [1.807, 2.05) is 12.4 Å². The molecule has 0 saturated heterocycles. The lowest BCUT2D eigenvalue weighted by atomic mass is 10.0. The van der Waals surface area contributed by atoms with Crippen molar-refractivity contribution in [1.82, 2.24) is 19.1 Å². The van der Waals surface area contributed by atoms with Crippen LogP contribution in [0.3, 0.4) is 0 Å². The van der Waals surface area contributed by atoms with Gasteiger partial charge in [-0.05, 0) is 53.2 Å². The fourth-order valence-corrected chi connectivity index (χ4v) is 6.23. The van der Waals surface area contributed by atoms with Crippen LogP contribution in [0.1, 0.15) is 5.69 Å². The summed E-state index contributed by atoms with van der Waals surface area (Å²) in [6, 6.07) is 37.1. The number of hydrogen-bond donors (Lipinski definition) is 0. The summed E-state index contributed by atoms with van der Waals surface area (Å²) in [6.07, 6.45) is 4.48. The van der Waals surface area contributed by atoms with Crippen LogP contribution < -0.4 is 0 Å². The standard InChI is InChI=1S/C34H21N5/c1-2-10-23(11-3-1)38-31-17-22-9-5-4-8-21(22)16-25(31)27-18-26-24-12-6-7-13-30(24)39(33(26)19-32(27)38)34-36-20-29-28(37-34)14-15-35-29/h1-13,15-20H,14H2. The molecular weight excluding hydrogens is 478 g/mol. The zero-order valence-electron chi connectivity index (χ0n) is 20.9. The van der Waals surface area contributed by atoms with Gasteiger partial charge >= 0.3 is 0 Å². The highest BCUT2D eigenvalue weighted by molar-refractivity contribution is 6.20. The van der Waals surface area contributed by atoms with Crippen molar-refractivity contribution in [3.05, 3.63) is 115 Å². The summed E-state index contributed by atoms with van der Waals surface area (Å²) in [7, 11) is 0. The lowest BCUT2D eigenvalue weighted by molar-refractivity contribution is 0.962. The van der Waals surface area contributed by atoms with Crippen LogP contribution in [-0.2, 0) is 6.42 Å². The van der Waals surface area contributed by atoms with Crippen molar-refractivity contribution < 1.29 is 0 Å². The molecule has 5 nitrogen and oxygen atoms in total. The minimum absolute atomic E-state index is 0.679. The third kappa shape index (κ3) is 2.87. The summed E-state index contributed by atoms with van der Waals surface area (Å²) >= 11 is 0. The molecule has 9 rings (SSSR count). The summed E-state index contributed by atoms with van der Waals surface area (Å²) in [5.74, 6) is 0.679. The summed E-state index contributed by atoms with van der Waals surface area (Å²) in [6.45, 7) is 0. The van der Waals surface area contributed by atoms with Crippen LogP contribution in [0, 0.1) is 0 Å². The minimum atomic E-state index is 0.679. The van der Waals surface area contributed by atoms with Crippen LogP contribution in [0.15, 0.2) is 114 Å². The van der Waals surface area contributed by atoms with Gasteiger partial charge in [0.25, 0.3) is 0 Å². The second kappa shape index (κ2) is 7.62. The Labute approximate surface area is 223 Å². The zero-order chi connectivity index (χ0) is 25.5. The van der Waals surface area contributed by atoms with E-state index in [0.29, 0.717) is 5.95 Å². The number of fused-ring (bicyclic) bond motifs is 8. The van der Waals surface area contributed by atoms with Crippen molar-refractivity contribution in [2.24, 2.45) is 4.99 Å². The van der Waals surface area contributed by atoms with E-state index in [4.69, 9.17) is 9.97 Å². The maximum Gasteiger partial charge on any atom is 0.234 e. The molecule has 5 aromatic carbocycles. The van der Waals surface area contributed by atoms with Gasteiger partial charge in [0.15, 0.2) is 0 Å². The first-order chi connectivity index (χ1) is 19.3. The molecule has 0 atom stereocenters. The first-order valence-corrected chi connectivity index (χ1v) is 13.2. The molecular formula is C34H21N5. The van der Waals surface area contributed by atoms with Crippen LogP contribution in [0.4, 0.5) is 5.69 Å². The fourth-order valence-electron chi connectivity index (χ4n) is 6.23. The molecule has 0 amide bonds. The normalized spacial score (nSPS) is 12.9. The van der Waals surface area contributed by atoms with Crippen molar-refractivity contribution in [3.8, 4) is 11.6 Å². The number of aliphatic imine (C=N–C) groups is 1. The topological polar surface area (TPSA) is 48.0 Å². The maximum absolute atomic E-state index is 4.96. The molecule has 5 heteroatoms. The largest absolute Gasteiger partial charge is 0.309 e. The van der Waals surface area contributed by atoms with Crippen LogP contribution >= 0.6 is 0 Å². The van der Waals surface area contributed by atoms with Crippen molar-refractivity contribution in [1.29, 1.82) is 0 Å². The van der Waals surface area contributed by atoms with E-state index in [0.717, 1.165) is 40.0 Å². The molecule has 0 spiro atoms. The second-order valence-corrected chi connectivity index (χ2v) is 10.1.